The Morgan fingerprint density at radius 1 is 1.17 bits per heavy atom. The van der Waals surface area contributed by atoms with Gasteiger partial charge in [-0.3, -0.25) is 0 Å². The van der Waals surface area contributed by atoms with E-state index in [2.05, 4.69) is 15.3 Å². The fourth-order valence-corrected chi connectivity index (χ4v) is 2.18. The van der Waals surface area contributed by atoms with Crippen LogP contribution in [0.5, 0.6) is 0 Å². The number of rotatable bonds is 6. The summed E-state index contributed by atoms with van der Waals surface area (Å²) in [5.74, 6) is 0.778. The molecule has 0 spiro atoms. The van der Waals surface area contributed by atoms with Crippen LogP contribution in [-0.4, -0.2) is 23.1 Å². The van der Waals surface area contributed by atoms with Gasteiger partial charge in [0.15, 0.2) is 11.6 Å². The lowest BCUT2D eigenvalue weighted by molar-refractivity contribution is 0.927. The maximum Gasteiger partial charge on any atom is 0.159 e. The average molecular weight is 328 g/mol. The summed E-state index contributed by atoms with van der Waals surface area (Å²) < 4.78 is 0. The fourth-order valence-electron chi connectivity index (χ4n) is 1.98. The van der Waals surface area contributed by atoms with Gasteiger partial charge in [-0.05, 0) is 11.6 Å². The average Bonchev–Trinajstić information content (AvgIpc) is 2.55. The molecule has 3 N–H and O–H groups in total. The normalized spacial score (nSPS) is 9.70. The third kappa shape index (κ3) is 4.00. The van der Waals surface area contributed by atoms with Crippen LogP contribution in [0.2, 0.25) is 5.02 Å². The molecule has 8 heteroatoms. The Morgan fingerprint density at radius 2 is 1.87 bits per heavy atom. The van der Waals surface area contributed by atoms with Crippen molar-refractivity contribution in [2.45, 2.75) is 6.54 Å². The number of halogens is 1. The van der Waals surface area contributed by atoms with Crippen molar-refractivity contribution in [1.82, 2.24) is 9.97 Å². The molecule has 0 aliphatic carbocycles. The molecule has 2 aromatic rings. The molecule has 0 atom stereocenters. The first-order chi connectivity index (χ1) is 11.2. The van der Waals surface area contributed by atoms with Gasteiger partial charge in [0.25, 0.3) is 0 Å². The smallest absolute Gasteiger partial charge is 0.159 e. The molecule has 0 unspecified atom stereocenters. The zero-order valence-corrected chi connectivity index (χ0v) is 13.0. The van der Waals surface area contributed by atoms with E-state index in [1.807, 2.05) is 30.3 Å². The summed E-state index contributed by atoms with van der Waals surface area (Å²) in [4.78, 5) is 9.66. The predicted octanol–water partition coefficient (Wildman–Crippen LogP) is 2.18. The Bertz CT molecular complexity index is 747. The van der Waals surface area contributed by atoms with Gasteiger partial charge in [-0.1, -0.05) is 29.8 Å². The molecule has 0 saturated carbocycles. The van der Waals surface area contributed by atoms with E-state index < -0.39 is 0 Å². The molecule has 7 nitrogen and oxygen atoms in total. The van der Waals surface area contributed by atoms with Crippen molar-refractivity contribution in [3.8, 4) is 12.1 Å². The molecule has 1 aromatic carbocycles. The zero-order chi connectivity index (χ0) is 16.7. The van der Waals surface area contributed by atoms with Crippen LogP contribution in [0.4, 0.5) is 17.3 Å². The number of hydrogen-bond donors (Lipinski definition) is 2. The number of anilines is 3. The Kier molecular flexibility index (Phi) is 5.56. The van der Waals surface area contributed by atoms with E-state index in [0.29, 0.717) is 23.2 Å². The summed E-state index contributed by atoms with van der Waals surface area (Å²) in [7, 11) is 0. The molecule has 23 heavy (non-hydrogen) atoms. The molecular formula is C15H14ClN7. The molecule has 0 aliphatic rings. The lowest BCUT2D eigenvalue weighted by Crippen LogP contribution is -2.26. The summed E-state index contributed by atoms with van der Waals surface area (Å²) in [6, 6.07) is 11.4. The van der Waals surface area contributed by atoms with Gasteiger partial charge in [0.05, 0.1) is 12.1 Å². The van der Waals surface area contributed by atoms with E-state index in [1.165, 1.54) is 11.2 Å². The van der Waals surface area contributed by atoms with Crippen LogP contribution in [0.15, 0.2) is 30.6 Å². The minimum atomic E-state index is 0.0126. The number of nitrogens with two attached hydrogens (primary N) is 1. The second-order valence-electron chi connectivity index (χ2n) is 4.58. The van der Waals surface area contributed by atoms with E-state index >= 15 is 0 Å². The molecule has 0 amide bonds. The third-order valence-corrected chi connectivity index (χ3v) is 3.46. The van der Waals surface area contributed by atoms with Crippen molar-refractivity contribution in [3.63, 3.8) is 0 Å². The van der Waals surface area contributed by atoms with Gasteiger partial charge < -0.3 is 16.0 Å². The van der Waals surface area contributed by atoms with Gasteiger partial charge in [-0.2, -0.15) is 10.5 Å². The summed E-state index contributed by atoms with van der Waals surface area (Å²) in [5.41, 5.74) is 7.25. The van der Waals surface area contributed by atoms with Crippen LogP contribution in [0.3, 0.4) is 0 Å². The van der Waals surface area contributed by atoms with Crippen LogP contribution in [0.25, 0.3) is 0 Å². The van der Waals surface area contributed by atoms with Crippen LogP contribution in [0.1, 0.15) is 5.56 Å². The molecular weight excluding hydrogens is 314 g/mol. The van der Waals surface area contributed by atoms with Crippen LogP contribution < -0.4 is 16.0 Å². The summed E-state index contributed by atoms with van der Waals surface area (Å²) in [5, 5.41) is 21.4. The number of nitrogens with zero attached hydrogens (tertiary/aromatic N) is 5. The highest BCUT2D eigenvalue weighted by Gasteiger charge is 2.15. The molecule has 0 fully saturated rings. The van der Waals surface area contributed by atoms with Crippen molar-refractivity contribution >= 4 is 28.9 Å². The zero-order valence-electron chi connectivity index (χ0n) is 12.2. The quantitative estimate of drug-likeness (QED) is 0.781. The summed E-state index contributed by atoms with van der Waals surface area (Å²) in [6.07, 6.45) is 1.34. The molecule has 2 rings (SSSR count). The van der Waals surface area contributed by atoms with Crippen molar-refractivity contribution in [2.75, 3.05) is 29.0 Å². The largest absolute Gasteiger partial charge is 0.393 e. The first-order valence-electron chi connectivity index (χ1n) is 6.74. The van der Waals surface area contributed by atoms with E-state index in [0.717, 1.165) is 5.56 Å². The standard InChI is InChI=1S/C15H14ClN7/c16-12-4-2-1-3-11(12)9-20-14-13(19)15(22-10-21-14)23(7-5-17)8-6-18/h1-4,10H,7-9,19H2,(H,20,21,22). The number of nitrogens with one attached hydrogen (secondary N) is 1. The minimum absolute atomic E-state index is 0.0126. The second-order valence-corrected chi connectivity index (χ2v) is 4.98. The Balaban J connectivity index is 2.21. The first kappa shape index (κ1) is 16.3. The van der Waals surface area contributed by atoms with Crippen molar-refractivity contribution in [3.05, 3.63) is 41.2 Å². The SMILES string of the molecule is N#CCN(CC#N)c1ncnc(NCc2ccccc2Cl)c1N. The monoisotopic (exact) mass is 327 g/mol. The maximum atomic E-state index is 8.85. The number of aromatic nitrogens is 2. The van der Waals surface area contributed by atoms with E-state index in [4.69, 9.17) is 27.9 Å². The Hall–Kier alpha value is -3.03. The van der Waals surface area contributed by atoms with Crippen molar-refractivity contribution in [2.24, 2.45) is 0 Å². The summed E-state index contributed by atoms with van der Waals surface area (Å²) in [6.45, 7) is 0.467. The van der Waals surface area contributed by atoms with Crippen molar-refractivity contribution < 1.29 is 0 Å². The van der Waals surface area contributed by atoms with Gasteiger partial charge in [0.1, 0.15) is 25.1 Å². The molecule has 116 valence electrons. The Labute approximate surface area is 138 Å². The molecule has 0 bridgehead atoms. The predicted molar refractivity (Wildman–Crippen MR) is 88.7 cm³/mol. The Morgan fingerprint density at radius 3 is 2.52 bits per heavy atom. The van der Waals surface area contributed by atoms with Crippen molar-refractivity contribution in [1.29, 1.82) is 10.5 Å². The number of nitrogen functional groups attached to an aromatic ring is 1. The van der Waals surface area contributed by atoms with Gasteiger partial charge in [0, 0.05) is 11.6 Å². The molecule has 0 radical (unpaired) electrons. The van der Waals surface area contributed by atoms with Crippen LogP contribution in [-0.2, 0) is 6.54 Å². The molecule has 1 aromatic heterocycles. The lowest BCUT2D eigenvalue weighted by Gasteiger charge is -2.20. The second kappa shape index (κ2) is 7.83. The topological polar surface area (TPSA) is 115 Å². The highest BCUT2D eigenvalue weighted by Crippen LogP contribution is 2.26. The van der Waals surface area contributed by atoms with E-state index in [1.54, 1.807) is 6.07 Å². The highest BCUT2D eigenvalue weighted by atomic mass is 35.5. The van der Waals surface area contributed by atoms with Crippen LogP contribution in [0, 0.1) is 22.7 Å². The van der Waals surface area contributed by atoms with E-state index in [-0.39, 0.29) is 18.8 Å². The molecule has 1 heterocycles. The minimum Gasteiger partial charge on any atom is -0.393 e. The fraction of sp³-hybridized carbons (Fsp3) is 0.200. The van der Waals surface area contributed by atoms with Gasteiger partial charge in [-0.15, -0.1) is 0 Å². The van der Waals surface area contributed by atoms with E-state index in [9.17, 15) is 0 Å². The first-order valence-corrected chi connectivity index (χ1v) is 7.11. The third-order valence-electron chi connectivity index (χ3n) is 3.09. The summed E-state index contributed by atoms with van der Waals surface area (Å²) >= 11 is 6.11. The number of hydrogen-bond acceptors (Lipinski definition) is 7. The maximum absolute atomic E-state index is 8.85. The number of nitriles is 2. The van der Waals surface area contributed by atoms with Gasteiger partial charge in [0.2, 0.25) is 0 Å². The molecule has 0 saturated heterocycles. The lowest BCUT2D eigenvalue weighted by atomic mass is 10.2. The van der Waals surface area contributed by atoms with Crippen LogP contribution >= 0.6 is 11.6 Å². The number of benzene rings is 1. The highest BCUT2D eigenvalue weighted by molar-refractivity contribution is 6.31. The van der Waals surface area contributed by atoms with Gasteiger partial charge >= 0.3 is 0 Å². The van der Waals surface area contributed by atoms with Gasteiger partial charge in [-0.25, -0.2) is 9.97 Å². The molecule has 0 aliphatic heterocycles.